The van der Waals surface area contributed by atoms with Gasteiger partial charge in [-0.3, -0.25) is 0 Å². The van der Waals surface area contributed by atoms with E-state index in [1.165, 1.54) is 10.9 Å². The highest BCUT2D eigenvalue weighted by Crippen LogP contribution is 2.19. The molecule has 0 bridgehead atoms. The molecular formula is C17H24N4O2S2. The van der Waals surface area contributed by atoms with Crippen LogP contribution >= 0.6 is 11.3 Å². The molecule has 1 unspecified atom stereocenters. The van der Waals surface area contributed by atoms with Gasteiger partial charge < -0.3 is 10.6 Å². The largest absolute Gasteiger partial charge is 0.357 e. The Morgan fingerprint density at radius 2 is 2.08 bits per heavy atom. The fraction of sp³-hybridized carbons (Fsp3) is 0.353. The Kier molecular flexibility index (Phi) is 6.98. The predicted octanol–water partition coefficient (Wildman–Crippen LogP) is 2.25. The third-order valence-electron chi connectivity index (χ3n) is 3.60. The maximum atomic E-state index is 11.4. The first kappa shape index (κ1) is 19.4. The zero-order chi connectivity index (χ0) is 18.3. The highest BCUT2D eigenvalue weighted by molar-refractivity contribution is 7.89. The lowest BCUT2D eigenvalue weighted by Gasteiger charge is -2.15. The molecule has 1 atom stereocenters. The molecule has 1 aromatic heterocycles. The van der Waals surface area contributed by atoms with Gasteiger partial charge in [0.15, 0.2) is 5.96 Å². The van der Waals surface area contributed by atoms with Gasteiger partial charge in [0, 0.05) is 23.9 Å². The Balaban J connectivity index is 2.02. The average Bonchev–Trinajstić information content (AvgIpc) is 3.11. The number of guanidine groups is 1. The highest BCUT2D eigenvalue weighted by atomic mass is 32.2. The van der Waals surface area contributed by atoms with Crippen LogP contribution in [-0.4, -0.2) is 27.5 Å². The Bertz CT molecular complexity index is 802. The van der Waals surface area contributed by atoms with Crippen molar-refractivity contribution in [1.82, 2.24) is 10.6 Å². The van der Waals surface area contributed by atoms with Gasteiger partial charge in [0.2, 0.25) is 10.0 Å². The summed E-state index contributed by atoms with van der Waals surface area (Å²) in [7, 11) is -3.70. The standard InChI is InChI=1S/C17H24N4O2S2/c1-3-19-17(20-11-13(2)16-8-5-9-24-16)21-12-14-6-4-7-15(10-14)25(18,22)23/h4-10,13H,3,11-12H2,1-2H3,(H2,18,22,23)(H2,19,20,21). The predicted molar refractivity (Wildman–Crippen MR) is 103 cm³/mol. The number of benzene rings is 1. The van der Waals surface area contributed by atoms with Crippen LogP contribution in [0.4, 0.5) is 0 Å². The molecule has 0 aliphatic rings. The van der Waals surface area contributed by atoms with E-state index in [0.717, 1.165) is 18.7 Å². The number of primary sulfonamides is 1. The fourth-order valence-electron chi connectivity index (χ4n) is 2.25. The summed E-state index contributed by atoms with van der Waals surface area (Å²) < 4.78 is 22.9. The van der Waals surface area contributed by atoms with Crippen LogP contribution in [0.1, 0.15) is 30.2 Å². The molecule has 25 heavy (non-hydrogen) atoms. The number of nitrogens with two attached hydrogens (primary N) is 1. The molecule has 0 saturated carbocycles. The van der Waals surface area contributed by atoms with E-state index >= 15 is 0 Å². The van der Waals surface area contributed by atoms with Crippen molar-refractivity contribution in [2.24, 2.45) is 10.1 Å². The van der Waals surface area contributed by atoms with Crippen molar-refractivity contribution in [3.63, 3.8) is 0 Å². The summed E-state index contributed by atoms with van der Waals surface area (Å²) >= 11 is 1.74. The van der Waals surface area contributed by atoms with Gasteiger partial charge in [0.25, 0.3) is 0 Å². The zero-order valence-electron chi connectivity index (χ0n) is 14.4. The van der Waals surface area contributed by atoms with Crippen molar-refractivity contribution in [3.8, 4) is 0 Å². The van der Waals surface area contributed by atoms with Crippen molar-refractivity contribution in [2.45, 2.75) is 31.2 Å². The van der Waals surface area contributed by atoms with Crippen LogP contribution in [-0.2, 0) is 16.6 Å². The second kappa shape index (κ2) is 8.98. The molecule has 1 aromatic carbocycles. The first-order valence-electron chi connectivity index (χ1n) is 8.07. The van der Waals surface area contributed by atoms with Crippen molar-refractivity contribution in [1.29, 1.82) is 0 Å². The van der Waals surface area contributed by atoms with E-state index in [-0.39, 0.29) is 4.90 Å². The fourth-order valence-corrected chi connectivity index (χ4v) is 3.63. The van der Waals surface area contributed by atoms with Crippen LogP contribution < -0.4 is 15.8 Å². The molecule has 0 radical (unpaired) electrons. The Labute approximate surface area is 153 Å². The van der Waals surface area contributed by atoms with Crippen molar-refractivity contribution >= 4 is 27.3 Å². The normalized spacial score (nSPS) is 13.5. The van der Waals surface area contributed by atoms with Gasteiger partial charge in [-0.2, -0.15) is 0 Å². The molecular weight excluding hydrogens is 356 g/mol. The lowest BCUT2D eigenvalue weighted by molar-refractivity contribution is 0.597. The molecule has 6 nitrogen and oxygen atoms in total. The molecule has 8 heteroatoms. The molecule has 0 fully saturated rings. The molecule has 136 valence electrons. The minimum atomic E-state index is -3.70. The third-order valence-corrected chi connectivity index (χ3v) is 5.61. The van der Waals surface area contributed by atoms with E-state index in [1.54, 1.807) is 23.5 Å². The number of sulfonamides is 1. The summed E-state index contributed by atoms with van der Waals surface area (Å²) in [6.07, 6.45) is 0. The number of nitrogens with zero attached hydrogens (tertiary/aromatic N) is 1. The quantitative estimate of drug-likeness (QED) is 0.507. The smallest absolute Gasteiger partial charge is 0.238 e. The Morgan fingerprint density at radius 3 is 2.72 bits per heavy atom. The second-order valence-corrected chi connectivity index (χ2v) is 8.23. The van der Waals surface area contributed by atoms with Crippen molar-refractivity contribution in [2.75, 3.05) is 13.1 Å². The maximum absolute atomic E-state index is 11.4. The summed E-state index contributed by atoms with van der Waals surface area (Å²) in [6, 6.07) is 10.7. The SMILES string of the molecule is CCNC(=NCc1cccc(S(N)(=O)=O)c1)NCC(C)c1cccs1. The lowest BCUT2D eigenvalue weighted by atomic mass is 10.1. The summed E-state index contributed by atoms with van der Waals surface area (Å²) in [5.74, 6) is 1.08. The average molecular weight is 381 g/mol. The molecule has 0 spiro atoms. The van der Waals surface area contributed by atoms with E-state index in [1.807, 2.05) is 19.1 Å². The molecule has 4 N–H and O–H groups in total. The number of thiophene rings is 1. The van der Waals surface area contributed by atoms with E-state index in [4.69, 9.17) is 5.14 Å². The third kappa shape index (κ3) is 6.15. The molecule has 0 saturated heterocycles. The molecule has 0 aliphatic carbocycles. The first-order chi connectivity index (χ1) is 11.9. The van der Waals surface area contributed by atoms with Crippen LogP contribution in [0.2, 0.25) is 0 Å². The molecule has 0 amide bonds. The number of hydrogen-bond acceptors (Lipinski definition) is 4. The van der Waals surface area contributed by atoms with Gasteiger partial charge in [-0.25, -0.2) is 18.5 Å². The molecule has 2 rings (SSSR count). The summed E-state index contributed by atoms with van der Waals surface area (Å²) in [5.41, 5.74) is 0.787. The van der Waals surface area contributed by atoms with Crippen molar-refractivity contribution < 1.29 is 8.42 Å². The summed E-state index contributed by atoms with van der Waals surface area (Å²) in [5, 5.41) is 13.8. The summed E-state index contributed by atoms with van der Waals surface area (Å²) in [4.78, 5) is 5.95. The summed E-state index contributed by atoms with van der Waals surface area (Å²) in [6.45, 7) is 6.05. The van der Waals surface area contributed by atoms with Crippen LogP contribution in [0.3, 0.4) is 0 Å². The molecule has 2 aromatic rings. The van der Waals surface area contributed by atoms with Gasteiger partial charge in [0.1, 0.15) is 0 Å². The molecule has 1 heterocycles. The van der Waals surface area contributed by atoms with Gasteiger partial charge in [-0.15, -0.1) is 11.3 Å². The van der Waals surface area contributed by atoms with Gasteiger partial charge in [0.05, 0.1) is 11.4 Å². The number of hydrogen-bond donors (Lipinski definition) is 3. The van der Waals surface area contributed by atoms with Crippen LogP contribution in [0.25, 0.3) is 0 Å². The van der Waals surface area contributed by atoms with Gasteiger partial charge >= 0.3 is 0 Å². The lowest BCUT2D eigenvalue weighted by Crippen LogP contribution is -2.39. The van der Waals surface area contributed by atoms with Crippen LogP contribution in [0.5, 0.6) is 0 Å². The minimum Gasteiger partial charge on any atom is -0.357 e. The number of aliphatic imine (C=N–C) groups is 1. The number of nitrogens with one attached hydrogen (secondary N) is 2. The van der Waals surface area contributed by atoms with Gasteiger partial charge in [-0.05, 0) is 36.1 Å². The second-order valence-electron chi connectivity index (χ2n) is 5.68. The van der Waals surface area contributed by atoms with Gasteiger partial charge in [-0.1, -0.05) is 25.1 Å². The monoisotopic (exact) mass is 380 g/mol. The topological polar surface area (TPSA) is 96.6 Å². The Hall–Kier alpha value is -1.90. The highest BCUT2D eigenvalue weighted by Gasteiger charge is 2.09. The van der Waals surface area contributed by atoms with E-state index in [9.17, 15) is 8.42 Å². The number of rotatable bonds is 7. The minimum absolute atomic E-state index is 0.101. The maximum Gasteiger partial charge on any atom is 0.238 e. The van der Waals surface area contributed by atoms with Crippen LogP contribution in [0, 0.1) is 0 Å². The first-order valence-corrected chi connectivity index (χ1v) is 10.5. The van der Waals surface area contributed by atoms with E-state index in [2.05, 4.69) is 34.0 Å². The van der Waals surface area contributed by atoms with E-state index < -0.39 is 10.0 Å². The Morgan fingerprint density at radius 1 is 1.28 bits per heavy atom. The van der Waals surface area contributed by atoms with Crippen molar-refractivity contribution in [3.05, 3.63) is 52.2 Å². The van der Waals surface area contributed by atoms with Crippen LogP contribution in [0.15, 0.2) is 51.7 Å². The zero-order valence-corrected chi connectivity index (χ0v) is 16.0. The van der Waals surface area contributed by atoms with E-state index in [0.29, 0.717) is 18.4 Å². The molecule has 0 aliphatic heterocycles.